The predicted molar refractivity (Wildman–Crippen MR) is 133 cm³/mol. The number of hydrogen-bond donors (Lipinski definition) is 2. The smallest absolute Gasteiger partial charge is 0.262 e. The molecule has 4 aromatic rings. The van der Waals surface area contributed by atoms with Gasteiger partial charge in [-0.15, -0.1) is 11.3 Å². The Balaban J connectivity index is 1.60. The molecule has 0 saturated heterocycles. The van der Waals surface area contributed by atoms with Gasteiger partial charge in [0.15, 0.2) is 6.61 Å². The van der Waals surface area contributed by atoms with E-state index in [2.05, 4.69) is 5.32 Å². The Morgan fingerprint density at radius 2 is 1.91 bits per heavy atom. The highest BCUT2D eigenvalue weighted by atomic mass is 32.1. The van der Waals surface area contributed by atoms with E-state index in [0.29, 0.717) is 18.0 Å². The van der Waals surface area contributed by atoms with E-state index in [4.69, 9.17) is 14.8 Å². The minimum Gasteiger partial charge on any atom is -0.508 e. The van der Waals surface area contributed by atoms with Gasteiger partial charge in [-0.2, -0.15) is 5.10 Å². The molecule has 0 bridgehead atoms. The molecule has 0 aliphatic carbocycles. The van der Waals surface area contributed by atoms with Crippen LogP contribution in [0.1, 0.15) is 18.1 Å². The number of hydrogen-bond acceptors (Lipinski definition) is 6. The van der Waals surface area contributed by atoms with Gasteiger partial charge in [0.25, 0.3) is 5.91 Å². The Bertz CT molecular complexity index is 1440. The zero-order valence-electron chi connectivity index (χ0n) is 18.4. The summed E-state index contributed by atoms with van der Waals surface area (Å²) in [6, 6.07) is 22.7. The largest absolute Gasteiger partial charge is 0.508 e. The van der Waals surface area contributed by atoms with Gasteiger partial charge >= 0.3 is 0 Å². The number of carbonyl (C=O) groups is 1. The number of nitrogens with zero attached hydrogens (tertiary/aromatic N) is 3. The lowest BCUT2D eigenvalue weighted by atomic mass is 10.1. The number of fused-ring (bicyclic) bond motifs is 1. The lowest BCUT2D eigenvalue weighted by Gasteiger charge is -2.18. The Morgan fingerprint density at radius 3 is 2.71 bits per heavy atom. The molecule has 5 rings (SSSR count). The molecule has 7 nitrogen and oxygen atoms in total. The van der Waals surface area contributed by atoms with Crippen molar-refractivity contribution < 1.29 is 14.6 Å². The van der Waals surface area contributed by atoms with E-state index >= 15 is 0 Å². The molecule has 0 saturated carbocycles. The predicted octanol–water partition coefficient (Wildman–Crippen LogP) is 4.63. The number of ether oxygens (including phenoxy) is 1. The molecule has 1 aromatic heterocycles. The molecule has 170 valence electrons. The van der Waals surface area contributed by atoms with Crippen molar-refractivity contribution in [2.24, 2.45) is 10.1 Å². The highest BCUT2D eigenvalue weighted by Crippen LogP contribution is 2.33. The lowest BCUT2D eigenvalue weighted by molar-refractivity contribution is -0.118. The molecule has 0 unspecified atom stereocenters. The van der Waals surface area contributed by atoms with Crippen molar-refractivity contribution in [2.75, 3.05) is 11.9 Å². The average molecular weight is 471 g/mol. The van der Waals surface area contributed by atoms with Crippen molar-refractivity contribution in [3.63, 3.8) is 0 Å². The number of aromatic hydroxyl groups is 1. The Labute approximate surface area is 200 Å². The van der Waals surface area contributed by atoms with Gasteiger partial charge in [0.2, 0.25) is 4.80 Å². The first-order valence-electron chi connectivity index (χ1n) is 10.7. The van der Waals surface area contributed by atoms with Crippen molar-refractivity contribution in [1.29, 1.82) is 0 Å². The molecule has 0 fully saturated rings. The van der Waals surface area contributed by atoms with Crippen LogP contribution < -0.4 is 14.9 Å². The molecular formula is C26H22N4O3S. The van der Waals surface area contributed by atoms with E-state index in [-0.39, 0.29) is 18.3 Å². The number of benzene rings is 3. The summed E-state index contributed by atoms with van der Waals surface area (Å²) < 4.78 is 7.32. The van der Waals surface area contributed by atoms with E-state index in [9.17, 15) is 9.90 Å². The first-order valence-corrected chi connectivity index (χ1v) is 11.6. The second-order valence-electron chi connectivity index (χ2n) is 7.80. The van der Waals surface area contributed by atoms with Gasteiger partial charge < -0.3 is 15.2 Å². The summed E-state index contributed by atoms with van der Waals surface area (Å²) in [5.41, 5.74) is 5.13. The molecule has 8 heteroatoms. The minimum atomic E-state index is -0.178. The zero-order chi connectivity index (χ0) is 23.5. The molecule has 1 aliphatic heterocycles. The van der Waals surface area contributed by atoms with Crippen LogP contribution in [0.15, 0.2) is 88.3 Å². The summed E-state index contributed by atoms with van der Waals surface area (Å²) in [7, 11) is 0. The molecule has 34 heavy (non-hydrogen) atoms. The van der Waals surface area contributed by atoms with Crippen LogP contribution >= 0.6 is 11.3 Å². The maximum absolute atomic E-state index is 11.8. The van der Waals surface area contributed by atoms with Gasteiger partial charge in [0.1, 0.15) is 11.5 Å². The molecule has 1 aliphatic rings. The van der Waals surface area contributed by atoms with Crippen LogP contribution in [-0.4, -0.2) is 28.0 Å². The molecular weight excluding hydrogens is 448 g/mol. The van der Waals surface area contributed by atoms with Crippen LogP contribution in [-0.2, 0) is 11.3 Å². The zero-order valence-corrected chi connectivity index (χ0v) is 19.2. The lowest BCUT2D eigenvalue weighted by Crippen LogP contribution is -2.25. The summed E-state index contributed by atoms with van der Waals surface area (Å²) in [4.78, 5) is 17.4. The van der Waals surface area contributed by atoms with Gasteiger partial charge in [-0.05, 0) is 60.5 Å². The van der Waals surface area contributed by atoms with Crippen molar-refractivity contribution >= 4 is 28.6 Å². The number of amides is 1. The van der Waals surface area contributed by atoms with Crippen molar-refractivity contribution in [3.8, 4) is 22.8 Å². The molecule has 3 aromatic carbocycles. The molecule has 0 spiro atoms. The van der Waals surface area contributed by atoms with Gasteiger partial charge in [-0.3, -0.25) is 9.79 Å². The number of nitrogens with one attached hydrogen (secondary N) is 1. The van der Waals surface area contributed by atoms with Gasteiger partial charge in [-0.25, -0.2) is 4.68 Å². The fourth-order valence-corrected chi connectivity index (χ4v) is 4.43. The number of rotatable bonds is 5. The average Bonchev–Trinajstić information content (AvgIpc) is 3.25. The number of phenols is 1. The molecule has 0 atom stereocenters. The third kappa shape index (κ3) is 4.62. The van der Waals surface area contributed by atoms with E-state index in [0.717, 1.165) is 32.9 Å². The van der Waals surface area contributed by atoms with Crippen LogP contribution in [0.3, 0.4) is 0 Å². The molecule has 2 N–H and O–H groups in total. The van der Waals surface area contributed by atoms with Gasteiger partial charge in [0.05, 0.1) is 23.6 Å². The van der Waals surface area contributed by atoms with Crippen LogP contribution in [0.4, 0.5) is 5.69 Å². The maximum Gasteiger partial charge on any atom is 0.262 e. The molecule has 1 amide bonds. The minimum absolute atomic E-state index is 0.0173. The quantitative estimate of drug-likeness (QED) is 0.417. The topological polar surface area (TPSA) is 88.2 Å². The number of anilines is 1. The number of phenolic OH excluding ortho intramolecular Hbond substituents is 1. The van der Waals surface area contributed by atoms with Gasteiger partial charge in [0, 0.05) is 10.9 Å². The van der Waals surface area contributed by atoms with Crippen molar-refractivity contribution in [3.05, 3.63) is 94.1 Å². The Hall–Kier alpha value is -4.17. The van der Waals surface area contributed by atoms with Crippen LogP contribution in [0.5, 0.6) is 11.5 Å². The second-order valence-corrected chi connectivity index (χ2v) is 8.63. The second kappa shape index (κ2) is 9.36. The number of thiazole rings is 1. The van der Waals surface area contributed by atoms with Gasteiger partial charge in [-0.1, -0.05) is 30.3 Å². The van der Waals surface area contributed by atoms with Crippen LogP contribution in [0.25, 0.3) is 11.3 Å². The van der Waals surface area contributed by atoms with Crippen LogP contribution in [0.2, 0.25) is 0 Å². The van der Waals surface area contributed by atoms with E-state index in [1.807, 2.05) is 77.6 Å². The first kappa shape index (κ1) is 21.7. The first-order chi connectivity index (χ1) is 16.6. The summed E-state index contributed by atoms with van der Waals surface area (Å²) in [5.74, 6) is 0.669. The fraction of sp³-hybridized carbons (Fsp3) is 0.115. The fourth-order valence-electron chi connectivity index (χ4n) is 3.60. The Morgan fingerprint density at radius 1 is 1.12 bits per heavy atom. The summed E-state index contributed by atoms with van der Waals surface area (Å²) in [5, 5.41) is 19.4. The van der Waals surface area contributed by atoms with E-state index in [1.54, 1.807) is 12.1 Å². The third-order valence-electron chi connectivity index (χ3n) is 5.37. The monoisotopic (exact) mass is 470 g/mol. The number of aromatic nitrogens is 1. The Kier molecular flexibility index (Phi) is 5.97. The van der Waals surface area contributed by atoms with Crippen molar-refractivity contribution in [2.45, 2.75) is 13.5 Å². The standard InChI is InChI=1S/C26H22N4O3S/c1-17(19-7-10-21(31)11-8-19)29-30-23(16-34-26(30)27-14-18-5-3-2-4-6-18)20-9-12-24-22(13-20)28-25(32)15-33-24/h2-13,16,31H,14-15H2,1H3,(H,28,32). The molecule has 2 heterocycles. The maximum atomic E-state index is 11.8. The molecule has 0 radical (unpaired) electrons. The third-order valence-corrected chi connectivity index (χ3v) is 6.22. The van der Waals surface area contributed by atoms with E-state index < -0.39 is 0 Å². The summed E-state index contributed by atoms with van der Waals surface area (Å²) >= 11 is 1.50. The normalized spacial score (nSPS) is 13.9. The number of carbonyl (C=O) groups excluding carboxylic acids is 1. The highest BCUT2D eigenvalue weighted by molar-refractivity contribution is 7.07. The summed E-state index contributed by atoms with van der Waals surface area (Å²) in [6.45, 7) is 2.47. The SMILES string of the molecule is CC(=Nn1c(-c2ccc3c(c2)NC(=O)CO3)csc1=NCc1ccccc1)c1ccc(O)cc1. The van der Waals surface area contributed by atoms with E-state index in [1.165, 1.54) is 11.3 Å². The van der Waals surface area contributed by atoms with Crippen LogP contribution in [0, 0.1) is 0 Å². The summed E-state index contributed by atoms with van der Waals surface area (Å²) in [6.07, 6.45) is 0. The van der Waals surface area contributed by atoms with Crippen molar-refractivity contribution in [1.82, 2.24) is 4.68 Å². The highest BCUT2D eigenvalue weighted by Gasteiger charge is 2.18.